The van der Waals surface area contributed by atoms with Gasteiger partial charge in [0.1, 0.15) is 0 Å². The van der Waals surface area contributed by atoms with Crippen LogP contribution in [-0.2, 0) is 32.7 Å². The summed E-state index contributed by atoms with van der Waals surface area (Å²) in [5.74, 6) is 0. The van der Waals surface area contributed by atoms with Crippen molar-refractivity contribution >= 4 is 0 Å². The average Bonchev–Trinajstić information content (AvgIpc) is 0.722. The molecular formula is C6H13Y. The maximum atomic E-state index is 3.66. The van der Waals surface area contributed by atoms with Gasteiger partial charge in [-0.25, -0.2) is 0 Å². The molecule has 0 bridgehead atoms. The third kappa shape index (κ3) is 152. The first-order valence-corrected chi connectivity index (χ1v) is 1.71. The van der Waals surface area contributed by atoms with Crippen LogP contribution in [0.3, 0.4) is 0 Å². The van der Waals surface area contributed by atoms with Gasteiger partial charge in [-0.3, -0.25) is 5.41 Å². The molecule has 0 N–H and O–H groups in total. The first-order chi connectivity index (χ1) is 2.00. The van der Waals surface area contributed by atoms with Crippen LogP contribution in [0.4, 0.5) is 0 Å². The number of hydrogen-bond acceptors (Lipinski definition) is 0. The zero-order valence-corrected chi connectivity index (χ0v) is 8.33. The first kappa shape index (κ1) is 15.7. The van der Waals surface area contributed by atoms with Gasteiger partial charge in [0.2, 0.25) is 0 Å². The summed E-state index contributed by atoms with van der Waals surface area (Å²) in [6, 6.07) is 0. The first-order valence-electron chi connectivity index (χ1n) is 1.71. The van der Waals surface area contributed by atoms with Crippen molar-refractivity contribution in [2.45, 2.75) is 13.8 Å². The molecule has 0 aliphatic carbocycles. The molecule has 0 aliphatic heterocycles. The van der Waals surface area contributed by atoms with Gasteiger partial charge in [-0.05, 0) is 0 Å². The second-order valence-electron chi connectivity index (χ2n) is 2.16. The van der Waals surface area contributed by atoms with Crippen molar-refractivity contribution < 1.29 is 32.7 Å². The molecule has 0 aromatic heterocycles. The molecule has 0 saturated carbocycles. The minimum absolute atomic E-state index is 0. The minimum atomic E-state index is 0. The summed E-state index contributed by atoms with van der Waals surface area (Å²) < 4.78 is 0. The largest absolute Gasteiger partial charge is 3.00 e. The molecule has 0 amide bonds. The molecule has 0 aromatic carbocycles. The molecule has 0 unspecified atom stereocenters. The van der Waals surface area contributed by atoms with E-state index in [2.05, 4.69) is 13.8 Å². The van der Waals surface area contributed by atoms with Crippen LogP contribution in [-0.4, -0.2) is 0 Å². The van der Waals surface area contributed by atoms with Crippen molar-refractivity contribution in [3.63, 3.8) is 0 Å². The van der Waals surface area contributed by atoms with Gasteiger partial charge in [-0.1, -0.05) is 0 Å². The molecule has 7 heavy (non-hydrogen) atoms. The summed E-state index contributed by atoms with van der Waals surface area (Å²) in [5, 5.41) is 0. The van der Waals surface area contributed by atoms with Gasteiger partial charge in [-0.15, -0.1) is 13.8 Å². The molecule has 0 spiro atoms. The van der Waals surface area contributed by atoms with Crippen LogP contribution in [0.5, 0.6) is 0 Å². The quantitative estimate of drug-likeness (QED) is 0.493. The van der Waals surface area contributed by atoms with Crippen LogP contribution < -0.4 is 0 Å². The molecule has 0 atom stereocenters. The van der Waals surface area contributed by atoms with E-state index >= 15 is 0 Å². The van der Waals surface area contributed by atoms with Crippen LogP contribution in [0.2, 0.25) is 0 Å². The second kappa shape index (κ2) is 5.24. The van der Waals surface area contributed by atoms with Crippen molar-refractivity contribution in [3.05, 3.63) is 21.3 Å². The summed E-state index contributed by atoms with van der Waals surface area (Å²) in [6.07, 6.45) is 0. The maximum Gasteiger partial charge on any atom is 3.00 e. The summed E-state index contributed by atoms with van der Waals surface area (Å²) in [5.41, 5.74) is 0. The van der Waals surface area contributed by atoms with Gasteiger partial charge < -0.3 is 21.3 Å². The SMILES string of the molecule is [CH2-]C([CH2-])(C)C.[CH3-].[Y+3]. The van der Waals surface area contributed by atoms with E-state index < -0.39 is 0 Å². The van der Waals surface area contributed by atoms with Crippen LogP contribution >= 0.6 is 0 Å². The third-order valence-corrected chi connectivity index (χ3v) is 0. The predicted octanol–water partition coefficient (Wildman–Crippen LogP) is 2.13. The van der Waals surface area contributed by atoms with Crippen molar-refractivity contribution in [1.82, 2.24) is 0 Å². The fourth-order valence-electron chi connectivity index (χ4n) is 0. The molecule has 0 aliphatic rings. The van der Waals surface area contributed by atoms with Crippen molar-refractivity contribution in [1.29, 1.82) is 0 Å². The summed E-state index contributed by atoms with van der Waals surface area (Å²) in [7, 11) is 0. The molecule has 1 heteroatoms. The van der Waals surface area contributed by atoms with E-state index in [-0.39, 0.29) is 45.6 Å². The molecule has 40 valence electrons. The van der Waals surface area contributed by atoms with E-state index in [0.717, 1.165) is 0 Å². The van der Waals surface area contributed by atoms with Gasteiger partial charge in [0.25, 0.3) is 0 Å². The predicted molar refractivity (Wildman–Crippen MR) is 30.9 cm³/mol. The van der Waals surface area contributed by atoms with E-state index in [1.807, 2.05) is 13.8 Å². The van der Waals surface area contributed by atoms with Crippen LogP contribution in [0.1, 0.15) is 13.8 Å². The van der Waals surface area contributed by atoms with Gasteiger partial charge in [-0.2, -0.15) is 0 Å². The van der Waals surface area contributed by atoms with Gasteiger partial charge in [0, 0.05) is 0 Å². The fourth-order valence-corrected chi connectivity index (χ4v) is 0. The molecule has 0 nitrogen and oxygen atoms in total. The molecular weight excluding hydrogens is 161 g/mol. The smallest absolute Gasteiger partial charge is 0.367 e. The van der Waals surface area contributed by atoms with E-state index in [1.165, 1.54) is 0 Å². The second-order valence-corrected chi connectivity index (χ2v) is 2.16. The Morgan fingerprint density at radius 2 is 1.14 bits per heavy atom. The minimum Gasteiger partial charge on any atom is -0.367 e. The molecule has 0 radical (unpaired) electrons. The topological polar surface area (TPSA) is 0 Å². The van der Waals surface area contributed by atoms with Crippen LogP contribution in [0, 0.1) is 26.7 Å². The zero-order chi connectivity index (χ0) is 4.50. The third-order valence-electron chi connectivity index (χ3n) is 0. The van der Waals surface area contributed by atoms with Crippen LogP contribution in [0.15, 0.2) is 0 Å². The Kier molecular flexibility index (Phi) is 11.8. The summed E-state index contributed by atoms with van der Waals surface area (Å²) in [4.78, 5) is 0. The van der Waals surface area contributed by atoms with Gasteiger partial charge in [0.05, 0.1) is 0 Å². The monoisotopic (exact) mass is 174 g/mol. The van der Waals surface area contributed by atoms with Gasteiger partial charge >= 0.3 is 32.7 Å². The normalized spacial score (nSPS) is 8.57. The average molecular weight is 174 g/mol. The van der Waals surface area contributed by atoms with E-state index in [4.69, 9.17) is 0 Å². The molecule has 0 saturated heterocycles. The Labute approximate surface area is 73.0 Å². The zero-order valence-electron chi connectivity index (χ0n) is 5.49. The van der Waals surface area contributed by atoms with E-state index in [9.17, 15) is 0 Å². The number of rotatable bonds is 0. The van der Waals surface area contributed by atoms with Crippen molar-refractivity contribution in [2.24, 2.45) is 5.41 Å². The van der Waals surface area contributed by atoms with Crippen LogP contribution in [0.25, 0.3) is 0 Å². The Morgan fingerprint density at radius 1 is 1.14 bits per heavy atom. The Morgan fingerprint density at radius 3 is 1.14 bits per heavy atom. The Hall–Kier alpha value is 1.10. The van der Waals surface area contributed by atoms with E-state index in [1.54, 1.807) is 0 Å². The molecule has 0 rings (SSSR count). The summed E-state index contributed by atoms with van der Waals surface area (Å²) >= 11 is 0. The maximum absolute atomic E-state index is 3.66. The van der Waals surface area contributed by atoms with E-state index in [0.29, 0.717) is 0 Å². The Bertz CT molecular complexity index is 19.7. The molecule has 0 aromatic rings. The number of hydrogen-bond donors (Lipinski definition) is 0. The summed E-state index contributed by atoms with van der Waals surface area (Å²) in [6.45, 7) is 11.2. The fraction of sp³-hybridized carbons (Fsp3) is 0.500. The van der Waals surface area contributed by atoms with Gasteiger partial charge in [0.15, 0.2) is 0 Å². The van der Waals surface area contributed by atoms with Crippen molar-refractivity contribution in [2.75, 3.05) is 0 Å². The standard InChI is InChI=1S/C5H10.CH3.Y/c1-5(2,3)4;;/h1-2H2,3-4H3;1H3;/q-2;-1;+3. The molecule has 0 heterocycles. The van der Waals surface area contributed by atoms with Crippen molar-refractivity contribution in [3.8, 4) is 0 Å². The Balaban J connectivity index is -0.0000000800. The molecule has 0 fully saturated rings.